The highest BCUT2D eigenvalue weighted by Crippen LogP contribution is 2.47. The number of hydrogen-bond acceptors (Lipinski definition) is 9. The van der Waals surface area contributed by atoms with E-state index in [2.05, 4.69) is 33.7 Å². The Hall–Kier alpha value is -3.40. The van der Waals surface area contributed by atoms with Crippen molar-refractivity contribution in [1.82, 2.24) is 19.9 Å². The fourth-order valence-electron chi connectivity index (χ4n) is 5.43. The summed E-state index contributed by atoms with van der Waals surface area (Å²) in [4.78, 5) is 31.8. The minimum atomic E-state index is -3.32. The SMILES string of the molecule is CC1CN(C(=O)C2CCS2(=O)=O)[C@H](C)CN1c1ncnc2c1C(C)(C)CN2c1cnc(C#N)c(F)c1.F. The number of pyridine rings is 1. The number of rotatable bonds is 3. The molecule has 0 saturated carbocycles. The van der Waals surface area contributed by atoms with E-state index in [1.165, 1.54) is 18.6 Å². The molecule has 0 aromatic carbocycles. The third-order valence-corrected chi connectivity index (χ3v) is 9.56. The van der Waals surface area contributed by atoms with Crippen molar-refractivity contribution in [3.63, 3.8) is 0 Å². The Labute approximate surface area is 214 Å². The van der Waals surface area contributed by atoms with Gasteiger partial charge in [-0.1, -0.05) is 13.8 Å². The summed E-state index contributed by atoms with van der Waals surface area (Å²) in [5.74, 6) is 0.472. The van der Waals surface area contributed by atoms with Gasteiger partial charge in [-0.2, -0.15) is 5.26 Å². The summed E-state index contributed by atoms with van der Waals surface area (Å²) in [5.41, 5.74) is 0.772. The summed E-state index contributed by atoms with van der Waals surface area (Å²) in [7, 11) is -3.32. The molecule has 5 heterocycles. The predicted octanol–water partition coefficient (Wildman–Crippen LogP) is 2.08. The highest BCUT2D eigenvalue weighted by Gasteiger charge is 2.47. The number of nitrogens with zero attached hydrogens (tertiary/aromatic N) is 7. The molecule has 2 aromatic heterocycles. The Bertz CT molecular complexity index is 1400. The first kappa shape index (κ1) is 26.7. The molecule has 0 aliphatic carbocycles. The zero-order valence-corrected chi connectivity index (χ0v) is 21.9. The van der Waals surface area contributed by atoms with Gasteiger partial charge in [-0.05, 0) is 20.3 Å². The van der Waals surface area contributed by atoms with Crippen molar-refractivity contribution < 1.29 is 22.3 Å². The van der Waals surface area contributed by atoms with Crippen LogP contribution in [0.1, 0.15) is 45.4 Å². The fourth-order valence-corrected chi connectivity index (χ4v) is 6.73. The van der Waals surface area contributed by atoms with Crippen LogP contribution in [0.2, 0.25) is 0 Å². The summed E-state index contributed by atoms with van der Waals surface area (Å²) in [6.07, 6.45) is 3.33. The molecular weight excluding hydrogens is 504 g/mol. The van der Waals surface area contributed by atoms with E-state index in [0.29, 0.717) is 37.6 Å². The summed E-state index contributed by atoms with van der Waals surface area (Å²) in [6, 6.07) is 2.73. The lowest BCUT2D eigenvalue weighted by molar-refractivity contribution is -0.134. The van der Waals surface area contributed by atoms with Crippen molar-refractivity contribution in [3.8, 4) is 6.07 Å². The highest BCUT2D eigenvalue weighted by molar-refractivity contribution is 7.94. The fraction of sp³-hybridized carbons (Fsp3) is 0.542. The number of hydrogen-bond donors (Lipinski definition) is 0. The van der Waals surface area contributed by atoms with Gasteiger partial charge >= 0.3 is 0 Å². The number of piperazine rings is 1. The Kier molecular flexibility index (Phi) is 6.60. The third-order valence-electron chi connectivity index (χ3n) is 7.45. The van der Waals surface area contributed by atoms with Gasteiger partial charge in [-0.15, -0.1) is 0 Å². The summed E-state index contributed by atoms with van der Waals surface area (Å²) < 4.78 is 38.5. The lowest BCUT2D eigenvalue weighted by Gasteiger charge is -2.47. The normalized spacial score (nSPS) is 25.5. The molecule has 13 heteroatoms. The molecule has 0 bridgehead atoms. The van der Waals surface area contributed by atoms with Gasteiger partial charge in [0.05, 0.1) is 17.6 Å². The van der Waals surface area contributed by atoms with E-state index >= 15 is 0 Å². The maximum absolute atomic E-state index is 14.4. The van der Waals surface area contributed by atoms with Crippen molar-refractivity contribution in [1.29, 1.82) is 5.26 Å². The van der Waals surface area contributed by atoms with Crippen LogP contribution < -0.4 is 9.80 Å². The lowest BCUT2D eigenvalue weighted by atomic mass is 9.87. The van der Waals surface area contributed by atoms with Crippen molar-refractivity contribution in [2.45, 2.75) is 56.9 Å². The second kappa shape index (κ2) is 9.16. The Morgan fingerprint density at radius 3 is 2.46 bits per heavy atom. The topological polar surface area (TPSA) is 123 Å². The second-order valence-electron chi connectivity index (χ2n) is 10.5. The van der Waals surface area contributed by atoms with E-state index in [4.69, 9.17) is 5.26 Å². The van der Waals surface area contributed by atoms with Gasteiger partial charge in [0.25, 0.3) is 0 Å². The lowest BCUT2D eigenvalue weighted by Crippen LogP contribution is -2.62. The Balaban J connectivity index is 0.00000320. The first-order valence-corrected chi connectivity index (χ1v) is 13.6. The maximum Gasteiger partial charge on any atom is 0.241 e. The van der Waals surface area contributed by atoms with Crippen LogP contribution in [0.15, 0.2) is 18.6 Å². The molecule has 2 fully saturated rings. The number of sulfone groups is 1. The van der Waals surface area contributed by atoms with Crippen molar-refractivity contribution in [2.75, 3.05) is 35.2 Å². The number of nitriles is 1. The molecule has 37 heavy (non-hydrogen) atoms. The molecule has 5 rings (SSSR count). The number of fused-ring (bicyclic) bond motifs is 1. The van der Waals surface area contributed by atoms with Gasteiger partial charge in [0.2, 0.25) is 5.91 Å². The van der Waals surface area contributed by atoms with Crippen molar-refractivity contribution in [2.24, 2.45) is 0 Å². The van der Waals surface area contributed by atoms with Crippen LogP contribution in [0.25, 0.3) is 0 Å². The molecule has 10 nitrogen and oxygen atoms in total. The van der Waals surface area contributed by atoms with Gasteiger partial charge in [-0.25, -0.2) is 27.8 Å². The molecule has 3 aliphatic rings. The van der Waals surface area contributed by atoms with Crippen LogP contribution in [0.5, 0.6) is 0 Å². The first-order valence-electron chi connectivity index (χ1n) is 11.9. The zero-order valence-electron chi connectivity index (χ0n) is 21.0. The monoisotopic (exact) mass is 533 g/mol. The zero-order chi connectivity index (χ0) is 26.0. The van der Waals surface area contributed by atoms with E-state index in [-0.39, 0.29) is 39.6 Å². The molecule has 0 N–H and O–H groups in total. The number of anilines is 3. The van der Waals surface area contributed by atoms with E-state index in [0.717, 1.165) is 11.4 Å². The van der Waals surface area contributed by atoms with Crippen molar-refractivity contribution in [3.05, 3.63) is 35.7 Å². The first-order chi connectivity index (χ1) is 16.9. The number of carbonyl (C=O) groups is 1. The quantitative estimate of drug-likeness (QED) is 0.583. The summed E-state index contributed by atoms with van der Waals surface area (Å²) in [6.45, 7) is 9.46. The number of amides is 1. The summed E-state index contributed by atoms with van der Waals surface area (Å²) >= 11 is 0. The number of carbonyl (C=O) groups excluding carboxylic acids is 1. The van der Waals surface area contributed by atoms with Gasteiger partial charge in [-0.3, -0.25) is 9.50 Å². The van der Waals surface area contributed by atoms with Crippen LogP contribution in [-0.2, 0) is 20.0 Å². The standard InChI is InChI=1S/C24H28FN7O3S.FH/c1-14-11-31(23(33)19-5-6-36(19,34)35)15(2)10-30(14)21-20-22(29-13-28-21)32(12-24(20,3)4)16-7-17(25)18(8-26)27-9-16;/h7,9,13-15,19H,5-6,10-12H2,1-4H3;1H/t14?,15-,19?;/m1./s1. The van der Waals surface area contributed by atoms with Crippen LogP contribution in [0.3, 0.4) is 0 Å². The van der Waals surface area contributed by atoms with Crippen LogP contribution in [0, 0.1) is 17.1 Å². The largest absolute Gasteiger partial charge is 0.350 e. The van der Waals surface area contributed by atoms with Gasteiger partial charge in [0.1, 0.15) is 29.3 Å². The molecule has 3 atom stereocenters. The molecule has 0 radical (unpaired) electrons. The van der Waals surface area contributed by atoms with Crippen molar-refractivity contribution >= 4 is 33.1 Å². The summed E-state index contributed by atoms with van der Waals surface area (Å²) in [5, 5.41) is 8.10. The van der Waals surface area contributed by atoms with E-state index in [9.17, 15) is 17.6 Å². The minimum Gasteiger partial charge on any atom is -0.350 e. The van der Waals surface area contributed by atoms with Gasteiger partial charge in [0.15, 0.2) is 21.3 Å². The van der Waals surface area contributed by atoms with E-state index in [1.54, 1.807) is 11.0 Å². The van der Waals surface area contributed by atoms with E-state index < -0.39 is 20.9 Å². The number of aromatic nitrogens is 3. The number of halogens is 2. The highest BCUT2D eigenvalue weighted by atomic mass is 32.2. The average molecular weight is 534 g/mol. The molecule has 2 saturated heterocycles. The molecule has 1 amide bonds. The van der Waals surface area contributed by atoms with Crippen LogP contribution in [-0.4, -0.2) is 76.9 Å². The Morgan fingerprint density at radius 2 is 1.86 bits per heavy atom. The second-order valence-corrected chi connectivity index (χ2v) is 12.8. The maximum atomic E-state index is 14.4. The van der Waals surface area contributed by atoms with Gasteiger partial charge < -0.3 is 14.7 Å². The molecule has 2 aromatic rings. The Morgan fingerprint density at radius 1 is 1.16 bits per heavy atom. The van der Waals surface area contributed by atoms with Gasteiger partial charge in [0, 0.05) is 48.8 Å². The van der Waals surface area contributed by atoms with Crippen LogP contribution >= 0.6 is 0 Å². The molecule has 198 valence electrons. The van der Waals surface area contributed by atoms with Crippen LogP contribution in [0.4, 0.5) is 26.4 Å². The minimum absolute atomic E-state index is 0. The van der Waals surface area contributed by atoms with E-state index in [1.807, 2.05) is 18.7 Å². The smallest absolute Gasteiger partial charge is 0.241 e. The molecule has 0 spiro atoms. The molecule has 3 aliphatic heterocycles. The molecule has 2 unspecified atom stereocenters. The molecular formula is C24H29F2N7O3S. The third kappa shape index (κ3) is 4.27. The predicted molar refractivity (Wildman–Crippen MR) is 134 cm³/mol. The average Bonchev–Trinajstić information content (AvgIpc) is 3.10.